The van der Waals surface area contributed by atoms with Crippen LogP contribution in [0.5, 0.6) is 11.5 Å². The second kappa shape index (κ2) is 8.45. The van der Waals surface area contributed by atoms with Crippen LogP contribution in [0.15, 0.2) is 42.5 Å². The molecule has 6 atom stereocenters. The smallest absolute Gasteiger partial charge is 0.324 e. The lowest BCUT2D eigenvalue weighted by molar-refractivity contribution is -0.188. The first-order valence-electron chi connectivity index (χ1n) is 13.5. The molecule has 37 heavy (non-hydrogen) atoms. The number of phenols is 1. The summed E-state index contributed by atoms with van der Waals surface area (Å²) in [5, 5.41) is 26.8. The molecule has 4 aliphatic rings. The van der Waals surface area contributed by atoms with Crippen LogP contribution in [-0.4, -0.2) is 70.1 Å². The van der Waals surface area contributed by atoms with Gasteiger partial charge in [-0.15, -0.1) is 0 Å². The molecule has 2 heterocycles. The molecular formula is C30H38N2O5. The van der Waals surface area contributed by atoms with E-state index in [0.29, 0.717) is 25.0 Å². The normalized spacial score (nSPS) is 32.8. The molecule has 2 aromatic carbocycles. The number of nitrogens with zero attached hydrogens (tertiary/aromatic N) is 1. The highest BCUT2D eigenvalue weighted by molar-refractivity contribution is 5.77. The van der Waals surface area contributed by atoms with Crippen LogP contribution in [0.2, 0.25) is 0 Å². The molecule has 2 bridgehead atoms. The van der Waals surface area contributed by atoms with Crippen LogP contribution in [0.3, 0.4) is 0 Å². The predicted octanol–water partition coefficient (Wildman–Crippen LogP) is 3.09. The lowest BCUT2D eigenvalue weighted by Gasteiger charge is -2.63. The number of hydrogen-bond acceptors (Lipinski definition) is 7. The number of ether oxygens (including phenoxy) is 2. The molecule has 7 heteroatoms. The van der Waals surface area contributed by atoms with E-state index in [9.17, 15) is 15.0 Å². The maximum absolute atomic E-state index is 13.4. The molecule has 6 rings (SSSR count). The number of esters is 1. The number of benzene rings is 2. The molecule has 2 aliphatic heterocycles. The van der Waals surface area contributed by atoms with Crippen molar-refractivity contribution in [2.24, 2.45) is 0 Å². The summed E-state index contributed by atoms with van der Waals surface area (Å²) in [5.41, 5.74) is 0.967. The number of carbonyl (C=O) groups excluding carboxylic acids is 1. The number of carbonyl (C=O) groups is 1. The van der Waals surface area contributed by atoms with Crippen LogP contribution in [-0.2, 0) is 27.8 Å². The van der Waals surface area contributed by atoms with Gasteiger partial charge in [0.2, 0.25) is 0 Å². The van der Waals surface area contributed by atoms with Crippen molar-refractivity contribution in [1.82, 2.24) is 10.2 Å². The first-order chi connectivity index (χ1) is 17.5. The Morgan fingerprint density at radius 1 is 1.22 bits per heavy atom. The van der Waals surface area contributed by atoms with Crippen molar-refractivity contribution in [3.63, 3.8) is 0 Å². The molecule has 0 aromatic heterocycles. The third-order valence-corrected chi connectivity index (χ3v) is 9.12. The average molecular weight is 507 g/mol. The van der Waals surface area contributed by atoms with E-state index in [1.807, 2.05) is 57.2 Å². The van der Waals surface area contributed by atoms with E-state index < -0.39 is 28.8 Å². The van der Waals surface area contributed by atoms with E-state index in [-0.39, 0.29) is 23.8 Å². The van der Waals surface area contributed by atoms with E-state index >= 15 is 0 Å². The fourth-order valence-corrected chi connectivity index (χ4v) is 7.62. The quantitative estimate of drug-likeness (QED) is 0.537. The number of likely N-dealkylation sites (N-methyl/N-ethyl adjacent to an activating group) is 1. The number of phenolic OH excluding ortho intramolecular Hbond substituents is 1. The molecule has 2 aromatic rings. The van der Waals surface area contributed by atoms with Gasteiger partial charge >= 0.3 is 5.97 Å². The van der Waals surface area contributed by atoms with Gasteiger partial charge in [0.15, 0.2) is 11.5 Å². The second-order valence-electron chi connectivity index (χ2n) is 12.4. The van der Waals surface area contributed by atoms with Crippen LogP contribution in [0.4, 0.5) is 0 Å². The Labute approximate surface area is 218 Å². The molecule has 0 amide bonds. The average Bonchev–Trinajstić information content (AvgIpc) is 3.20. The number of hydrogen-bond donors (Lipinski definition) is 3. The lowest BCUT2D eigenvalue weighted by atomic mass is 9.48. The maximum Gasteiger partial charge on any atom is 0.324 e. The summed E-state index contributed by atoms with van der Waals surface area (Å²) >= 11 is 0. The van der Waals surface area contributed by atoms with Crippen molar-refractivity contribution in [3.8, 4) is 11.5 Å². The van der Waals surface area contributed by atoms with Crippen LogP contribution in [0, 0.1) is 0 Å². The minimum Gasteiger partial charge on any atom is -0.504 e. The predicted molar refractivity (Wildman–Crippen MR) is 140 cm³/mol. The molecule has 2 aliphatic carbocycles. The van der Waals surface area contributed by atoms with Gasteiger partial charge < -0.3 is 24.6 Å². The van der Waals surface area contributed by atoms with Gasteiger partial charge in [-0.05, 0) is 83.7 Å². The van der Waals surface area contributed by atoms with E-state index in [1.54, 1.807) is 6.07 Å². The number of aromatic hydroxyl groups is 1. The Morgan fingerprint density at radius 3 is 2.70 bits per heavy atom. The molecule has 2 fully saturated rings. The summed E-state index contributed by atoms with van der Waals surface area (Å²) in [4.78, 5) is 15.7. The summed E-state index contributed by atoms with van der Waals surface area (Å²) in [6.07, 6.45) is 2.82. The number of rotatable bonds is 5. The van der Waals surface area contributed by atoms with Gasteiger partial charge in [0.05, 0.1) is 11.0 Å². The fourth-order valence-electron chi connectivity index (χ4n) is 7.62. The van der Waals surface area contributed by atoms with Gasteiger partial charge in [-0.3, -0.25) is 10.1 Å². The van der Waals surface area contributed by atoms with Crippen molar-refractivity contribution >= 4 is 5.97 Å². The molecule has 1 saturated heterocycles. The van der Waals surface area contributed by atoms with Gasteiger partial charge in [-0.25, -0.2) is 0 Å². The first-order valence-corrected chi connectivity index (χ1v) is 13.5. The molecular weight excluding hydrogens is 468 g/mol. The summed E-state index contributed by atoms with van der Waals surface area (Å²) < 4.78 is 12.4. The molecule has 1 spiro atoms. The lowest BCUT2D eigenvalue weighted by Crippen LogP contribution is -2.78. The van der Waals surface area contributed by atoms with Crippen LogP contribution >= 0.6 is 0 Å². The number of piperidine rings is 1. The van der Waals surface area contributed by atoms with Gasteiger partial charge in [0.1, 0.15) is 17.7 Å². The van der Waals surface area contributed by atoms with Crippen molar-refractivity contribution in [2.45, 2.75) is 93.7 Å². The SMILES string of the molecule is CN1CCC23c4c5ccc(O)c4O[C@H]2[C@H](N[C@@H](Cc2ccccc2)C(=O)OC(C)(C)C)CC[C@@]3(O)C1C5. The largest absolute Gasteiger partial charge is 0.504 e. The standard InChI is InChI=1S/C30H38N2O5/c1-28(2,3)37-27(34)21(16-18-8-6-5-7-9-18)31-20-12-13-30(35)23-17-19-10-11-22(33)25-24(19)29(30,26(20)36-25)14-15-32(23)4/h5-11,20-21,23,26,31,33,35H,12-17H2,1-4H3/t20-,21+,23?,26+,29?,30-/m1/s1. The van der Waals surface area contributed by atoms with Crippen LogP contribution < -0.4 is 10.1 Å². The van der Waals surface area contributed by atoms with Crippen molar-refractivity contribution < 1.29 is 24.5 Å². The molecule has 3 N–H and O–H groups in total. The zero-order chi connectivity index (χ0) is 26.2. The highest BCUT2D eigenvalue weighted by atomic mass is 16.6. The Bertz CT molecular complexity index is 1210. The summed E-state index contributed by atoms with van der Waals surface area (Å²) in [6, 6.07) is 12.9. The van der Waals surface area contributed by atoms with E-state index in [0.717, 1.165) is 36.1 Å². The Kier molecular flexibility index (Phi) is 5.64. The maximum atomic E-state index is 13.4. The summed E-state index contributed by atoms with van der Waals surface area (Å²) in [5.74, 6) is 0.335. The Hall–Kier alpha value is -2.61. The molecule has 1 saturated carbocycles. The highest BCUT2D eigenvalue weighted by Gasteiger charge is 2.72. The third-order valence-electron chi connectivity index (χ3n) is 9.12. The Morgan fingerprint density at radius 2 is 1.97 bits per heavy atom. The molecule has 0 radical (unpaired) electrons. The van der Waals surface area contributed by atoms with Gasteiger partial charge in [-0.2, -0.15) is 0 Å². The van der Waals surface area contributed by atoms with Gasteiger partial charge in [0, 0.05) is 17.6 Å². The van der Waals surface area contributed by atoms with Crippen molar-refractivity contribution in [3.05, 3.63) is 59.2 Å². The van der Waals surface area contributed by atoms with Crippen molar-refractivity contribution in [1.29, 1.82) is 0 Å². The summed E-state index contributed by atoms with van der Waals surface area (Å²) in [7, 11) is 2.09. The first kappa shape index (κ1) is 24.7. The summed E-state index contributed by atoms with van der Waals surface area (Å²) in [6.45, 7) is 6.48. The van der Waals surface area contributed by atoms with E-state index in [4.69, 9.17) is 9.47 Å². The second-order valence-corrected chi connectivity index (χ2v) is 12.4. The topological polar surface area (TPSA) is 91.3 Å². The van der Waals surface area contributed by atoms with Crippen LogP contribution in [0.1, 0.15) is 56.7 Å². The van der Waals surface area contributed by atoms with E-state index in [2.05, 4.69) is 17.3 Å². The molecule has 7 nitrogen and oxygen atoms in total. The highest BCUT2D eigenvalue weighted by Crippen LogP contribution is 2.65. The monoisotopic (exact) mass is 506 g/mol. The number of likely N-dealkylation sites (tertiary alicyclic amines) is 1. The number of aliphatic hydroxyl groups is 1. The van der Waals surface area contributed by atoms with Crippen LogP contribution in [0.25, 0.3) is 0 Å². The number of nitrogens with one attached hydrogen (secondary N) is 1. The minimum atomic E-state index is -0.963. The molecule has 2 unspecified atom stereocenters. The minimum absolute atomic E-state index is 0.0118. The molecule has 198 valence electrons. The van der Waals surface area contributed by atoms with Crippen molar-refractivity contribution in [2.75, 3.05) is 13.6 Å². The van der Waals surface area contributed by atoms with E-state index in [1.165, 1.54) is 0 Å². The van der Waals surface area contributed by atoms with Gasteiger partial charge in [0.25, 0.3) is 0 Å². The zero-order valence-corrected chi connectivity index (χ0v) is 22.2. The van der Waals surface area contributed by atoms with Gasteiger partial charge in [-0.1, -0.05) is 36.4 Å². The fraction of sp³-hybridized carbons (Fsp3) is 0.567. The Balaban J connectivity index is 1.38. The third kappa shape index (κ3) is 3.69. The zero-order valence-electron chi connectivity index (χ0n) is 22.2.